The highest BCUT2D eigenvalue weighted by molar-refractivity contribution is 5.79. The van der Waals surface area contributed by atoms with Crippen LogP contribution in [0.2, 0.25) is 0 Å². The zero-order valence-electron chi connectivity index (χ0n) is 27.8. The Balaban J connectivity index is 1.02. The van der Waals surface area contributed by atoms with Gasteiger partial charge in [0.15, 0.2) is 0 Å². The van der Waals surface area contributed by atoms with E-state index in [9.17, 15) is 9.59 Å². The summed E-state index contributed by atoms with van der Waals surface area (Å²) in [6.07, 6.45) is 12.9. The molecule has 1 aromatic rings. The number of ether oxygens (including phenoxy) is 1. The van der Waals surface area contributed by atoms with E-state index in [1.165, 1.54) is 37.7 Å². The lowest BCUT2D eigenvalue weighted by molar-refractivity contribution is -0.130. The predicted octanol–water partition coefficient (Wildman–Crippen LogP) is 7.14. The molecule has 44 heavy (non-hydrogen) atoms. The molecule has 2 unspecified atom stereocenters. The van der Waals surface area contributed by atoms with E-state index in [-0.39, 0.29) is 11.5 Å². The first kappa shape index (κ1) is 30.7. The van der Waals surface area contributed by atoms with E-state index in [1.54, 1.807) is 11.1 Å². The second-order valence-electron chi connectivity index (χ2n) is 16.3. The van der Waals surface area contributed by atoms with Gasteiger partial charge in [-0.2, -0.15) is 0 Å². The van der Waals surface area contributed by atoms with Crippen LogP contribution in [0.25, 0.3) is 0 Å². The number of rotatable bonds is 6. The van der Waals surface area contributed by atoms with E-state index in [0.29, 0.717) is 60.0 Å². The molecule has 2 aliphatic heterocycles. The Morgan fingerprint density at radius 1 is 1.09 bits per heavy atom. The SMILES string of the molecule is CC1=C2CC3[C@@H](CC[C@@H]4CC(=O)CC[C@]34C)[C@@H]2CC[C@@]2(C1)O[C@@H]1C[C@H](C)CN(CCNC(=O)CCc3ccccc3)C1[C@H]2C. The smallest absolute Gasteiger partial charge is 0.220 e. The molecule has 10 atom stereocenters. The van der Waals surface area contributed by atoms with Crippen LogP contribution in [0.15, 0.2) is 41.5 Å². The third-order valence-corrected chi connectivity index (χ3v) is 13.9. The van der Waals surface area contributed by atoms with Crippen molar-refractivity contribution >= 4 is 11.7 Å². The quantitative estimate of drug-likeness (QED) is 0.353. The van der Waals surface area contributed by atoms with Crippen molar-refractivity contribution in [2.24, 2.45) is 40.9 Å². The molecule has 0 radical (unpaired) electrons. The van der Waals surface area contributed by atoms with Crippen LogP contribution in [0.3, 0.4) is 0 Å². The lowest BCUT2D eigenvalue weighted by Gasteiger charge is -2.52. The number of nitrogens with one attached hydrogen (secondary N) is 1. The maximum atomic E-state index is 12.7. The van der Waals surface area contributed by atoms with Gasteiger partial charge in [-0.1, -0.05) is 62.2 Å². The van der Waals surface area contributed by atoms with Crippen molar-refractivity contribution < 1.29 is 14.3 Å². The number of hydrogen-bond donors (Lipinski definition) is 1. The maximum absolute atomic E-state index is 12.7. The molecular formula is C39H56N2O3. The van der Waals surface area contributed by atoms with Crippen LogP contribution < -0.4 is 5.32 Å². The van der Waals surface area contributed by atoms with Gasteiger partial charge in [0.05, 0.1) is 11.7 Å². The summed E-state index contributed by atoms with van der Waals surface area (Å²) in [6, 6.07) is 10.7. The molecule has 1 spiro atoms. The summed E-state index contributed by atoms with van der Waals surface area (Å²) in [5.74, 6) is 4.65. The Morgan fingerprint density at radius 2 is 1.91 bits per heavy atom. The van der Waals surface area contributed by atoms with Crippen molar-refractivity contribution in [1.29, 1.82) is 0 Å². The van der Waals surface area contributed by atoms with Gasteiger partial charge in [0.25, 0.3) is 0 Å². The lowest BCUT2D eigenvalue weighted by Crippen LogP contribution is -2.53. The van der Waals surface area contributed by atoms with Crippen molar-refractivity contribution in [1.82, 2.24) is 10.2 Å². The van der Waals surface area contributed by atoms with Crippen LogP contribution in [0.1, 0.15) is 104 Å². The molecule has 1 aromatic carbocycles. The minimum atomic E-state index is -0.0636. The Labute approximate surface area is 265 Å². The molecule has 4 aliphatic carbocycles. The minimum Gasteiger partial charge on any atom is -0.369 e. The minimum absolute atomic E-state index is 0.0636. The summed E-state index contributed by atoms with van der Waals surface area (Å²) in [5, 5.41) is 3.23. The van der Waals surface area contributed by atoms with E-state index in [2.05, 4.69) is 50.0 Å². The highest BCUT2D eigenvalue weighted by atomic mass is 16.5. The Bertz CT molecular complexity index is 1280. The van der Waals surface area contributed by atoms with E-state index < -0.39 is 0 Å². The van der Waals surface area contributed by atoms with Crippen LogP contribution in [-0.2, 0) is 20.7 Å². The predicted molar refractivity (Wildman–Crippen MR) is 175 cm³/mol. The van der Waals surface area contributed by atoms with Crippen molar-refractivity contribution in [2.75, 3.05) is 19.6 Å². The average Bonchev–Trinajstić information content (AvgIpc) is 3.47. The van der Waals surface area contributed by atoms with Crippen LogP contribution in [0.4, 0.5) is 0 Å². The number of fused-ring (bicyclic) bond motifs is 6. The first-order valence-corrected chi connectivity index (χ1v) is 18.1. The molecule has 0 aromatic heterocycles. The number of nitrogens with zero attached hydrogens (tertiary/aromatic N) is 1. The number of amides is 1. The fourth-order valence-electron chi connectivity index (χ4n) is 11.6. The second-order valence-corrected chi connectivity index (χ2v) is 16.3. The lowest BCUT2D eigenvalue weighted by atomic mass is 9.52. The number of allylic oxidation sites excluding steroid dienone is 1. The summed E-state index contributed by atoms with van der Waals surface area (Å²) >= 11 is 0. The fraction of sp³-hybridized carbons (Fsp3) is 0.744. The van der Waals surface area contributed by atoms with Crippen LogP contribution in [0, 0.1) is 40.9 Å². The third-order valence-electron chi connectivity index (χ3n) is 13.9. The molecule has 7 rings (SSSR count). The molecule has 0 bridgehead atoms. The monoisotopic (exact) mass is 600 g/mol. The number of ketones is 1. The highest BCUT2D eigenvalue weighted by Crippen LogP contribution is 2.65. The molecule has 2 saturated heterocycles. The van der Waals surface area contributed by atoms with Crippen molar-refractivity contribution in [3.8, 4) is 0 Å². The van der Waals surface area contributed by atoms with E-state index >= 15 is 0 Å². The molecule has 1 amide bonds. The molecule has 240 valence electrons. The third kappa shape index (κ3) is 5.42. The summed E-state index contributed by atoms with van der Waals surface area (Å²) in [5.41, 5.74) is 4.92. The summed E-state index contributed by atoms with van der Waals surface area (Å²) in [6.45, 7) is 12.6. The van der Waals surface area contributed by atoms with Gasteiger partial charge < -0.3 is 10.1 Å². The summed E-state index contributed by atoms with van der Waals surface area (Å²) in [4.78, 5) is 27.7. The van der Waals surface area contributed by atoms with Gasteiger partial charge in [-0.25, -0.2) is 0 Å². The molecule has 1 N–H and O–H groups in total. The molecular weight excluding hydrogens is 544 g/mol. The largest absolute Gasteiger partial charge is 0.369 e. The zero-order valence-corrected chi connectivity index (χ0v) is 27.8. The van der Waals surface area contributed by atoms with Gasteiger partial charge in [-0.15, -0.1) is 0 Å². The number of likely N-dealkylation sites (tertiary alicyclic amines) is 1. The molecule has 5 heteroatoms. The van der Waals surface area contributed by atoms with Gasteiger partial charge in [-0.3, -0.25) is 14.5 Å². The number of Topliss-reactive ketones (excluding diaryl/α,β-unsaturated/α-hetero) is 1. The standard InChI is InChI=1S/C39H56N2O3/c1-25-20-35-37(41(24-25)19-18-40-36(43)13-10-28-8-6-5-7-9-28)27(3)39(44-35)17-15-31-32-12-11-29-21-30(42)14-16-38(29,4)34(32)22-33(31)26(2)23-39/h5-9,25,27,29,31-32,34-35,37H,10-24H2,1-4H3,(H,40,43)/t25-,27+,29+,31-,32-,34?,35+,37?,38-,39-/m0/s1. The second kappa shape index (κ2) is 12.0. The number of benzene rings is 1. The van der Waals surface area contributed by atoms with Crippen LogP contribution in [0.5, 0.6) is 0 Å². The van der Waals surface area contributed by atoms with Crippen LogP contribution in [-0.4, -0.2) is 54.0 Å². The number of carbonyl (C=O) groups is 2. The number of piperidine rings is 1. The fourth-order valence-corrected chi connectivity index (χ4v) is 11.6. The van der Waals surface area contributed by atoms with Gasteiger partial charge in [0, 0.05) is 50.9 Å². The van der Waals surface area contributed by atoms with Gasteiger partial charge >= 0.3 is 0 Å². The average molecular weight is 601 g/mol. The molecule has 5 fully saturated rings. The molecule has 6 aliphatic rings. The van der Waals surface area contributed by atoms with Gasteiger partial charge in [-0.05, 0) is 105 Å². The van der Waals surface area contributed by atoms with Gasteiger partial charge in [0.2, 0.25) is 5.91 Å². The topological polar surface area (TPSA) is 58.6 Å². The molecule has 5 nitrogen and oxygen atoms in total. The highest BCUT2D eigenvalue weighted by Gasteiger charge is 2.60. The number of aryl methyl sites for hydroxylation is 1. The Hall–Kier alpha value is -1.98. The van der Waals surface area contributed by atoms with Gasteiger partial charge in [0.1, 0.15) is 5.78 Å². The van der Waals surface area contributed by atoms with E-state index in [0.717, 1.165) is 63.5 Å². The summed E-state index contributed by atoms with van der Waals surface area (Å²) in [7, 11) is 0. The number of hydrogen-bond acceptors (Lipinski definition) is 4. The maximum Gasteiger partial charge on any atom is 0.220 e. The van der Waals surface area contributed by atoms with Crippen molar-refractivity contribution in [3.05, 3.63) is 47.0 Å². The number of carbonyl (C=O) groups excluding carboxylic acids is 2. The van der Waals surface area contributed by atoms with Crippen LogP contribution >= 0.6 is 0 Å². The van der Waals surface area contributed by atoms with E-state index in [1.807, 2.05) is 18.2 Å². The van der Waals surface area contributed by atoms with E-state index in [4.69, 9.17) is 4.74 Å². The normalized spacial score (nSPS) is 42.0. The first-order valence-electron chi connectivity index (χ1n) is 18.1. The van der Waals surface area contributed by atoms with Crippen molar-refractivity contribution in [3.63, 3.8) is 0 Å². The Morgan fingerprint density at radius 3 is 2.73 bits per heavy atom. The van der Waals surface area contributed by atoms with Crippen molar-refractivity contribution in [2.45, 2.75) is 122 Å². The summed E-state index contributed by atoms with van der Waals surface area (Å²) < 4.78 is 7.29. The molecule has 2 heterocycles. The molecule has 3 saturated carbocycles. The zero-order chi connectivity index (χ0) is 30.6. The first-order chi connectivity index (χ1) is 21.2. The Kier molecular flexibility index (Phi) is 8.36.